The number of aryl methyl sites for hydroxylation is 3. The number of carbonyl (C=O) groups excluding carboxylic acids is 3. The van der Waals surface area contributed by atoms with Gasteiger partial charge >= 0.3 is 6.03 Å². The Morgan fingerprint density at radius 3 is 2.04 bits per heavy atom. The number of benzene rings is 3. The topological polar surface area (TPSA) is 120 Å². The Balaban J connectivity index is 1.52. The highest BCUT2D eigenvalue weighted by atomic mass is 16.5. The lowest BCUT2D eigenvalue weighted by molar-refractivity contribution is -0.128. The van der Waals surface area contributed by atoms with Gasteiger partial charge in [0.2, 0.25) is 5.91 Å². The van der Waals surface area contributed by atoms with Crippen molar-refractivity contribution in [2.45, 2.75) is 78.1 Å². The van der Waals surface area contributed by atoms with Gasteiger partial charge in [0.15, 0.2) is 6.61 Å². The van der Waals surface area contributed by atoms with E-state index in [1.807, 2.05) is 107 Å². The van der Waals surface area contributed by atoms with Crippen LogP contribution in [0.2, 0.25) is 0 Å². The van der Waals surface area contributed by atoms with E-state index in [1.165, 1.54) is 0 Å². The zero-order chi connectivity index (χ0) is 33.2. The third-order valence-electron chi connectivity index (χ3n) is 8.38. The summed E-state index contributed by atoms with van der Waals surface area (Å²) in [6.07, 6.45) is 0.0626. The first-order valence-electron chi connectivity index (χ1n) is 16.1. The average Bonchev–Trinajstić information content (AvgIpc) is 3.41. The molecule has 1 heterocycles. The number of carbonyl (C=O) groups is 3. The molecule has 9 heteroatoms. The molecule has 4 rings (SSSR count). The first kappa shape index (κ1) is 34.5. The molecule has 0 saturated carbocycles. The van der Waals surface area contributed by atoms with E-state index in [-0.39, 0.29) is 36.8 Å². The number of aliphatic hydroxyl groups excluding tert-OH is 1. The maximum Gasteiger partial charge on any atom is 0.318 e. The van der Waals surface area contributed by atoms with Gasteiger partial charge in [-0.25, -0.2) is 4.79 Å². The van der Waals surface area contributed by atoms with E-state index in [4.69, 9.17) is 4.74 Å². The zero-order valence-electron chi connectivity index (χ0n) is 27.6. The standard InChI is InChI=1S/C37H48N4O5/c1-24(2)34(41-17-16-38-37(41)45)36(44)39-30(20-28-12-8-6-9-13-28)22-32(42)31(21-29-14-10-7-11-15-29)40-33(43)23-46-35-26(4)18-25(3)19-27(35)5/h6-15,18-19,24,30-32,34,42H,16-17,20-23H2,1-5H3,(H,38,45)(H,39,44)(H,40,43)/t30-,31-,32-,34-/m0/s1. The Morgan fingerprint density at radius 2 is 1.50 bits per heavy atom. The van der Waals surface area contributed by atoms with Crippen LogP contribution in [-0.4, -0.2) is 71.8 Å². The van der Waals surface area contributed by atoms with Crippen LogP contribution in [0, 0.1) is 26.7 Å². The van der Waals surface area contributed by atoms with Crippen LogP contribution in [0.3, 0.4) is 0 Å². The summed E-state index contributed by atoms with van der Waals surface area (Å²) >= 11 is 0. The third-order valence-corrected chi connectivity index (χ3v) is 8.38. The molecule has 1 aliphatic heterocycles. The van der Waals surface area contributed by atoms with Gasteiger partial charge in [-0.05, 0) is 68.2 Å². The van der Waals surface area contributed by atoms with Crippen LogP contribution >= 0.6 is 0 Å². The summed E-state index contributed by atoms with van der Waals surface area (Å²) in [5.41, 5.74) is 4.99. The molecule has 1 fully saturated rings. The molecule has 0 radical (unpaired) electrons. The Morgan fingerprint density at radius 1 is 0.913 bits per heavy atom. The van der Waals surface area contributed by atoms with Crippen molar-refractivity contribution in [2.75, 3.05) is 19.7 Å². The fourth-order valence-corrected chi connectivity index (χ4v) is 6.32. The molecule has 0 aromatic heterocycles. The SMILES string of the molecule is Cc1cc(C)c(OCC(=O)N[C@@H](Cc2ccccc2)[C@@H](O)C[C@H](Cc2ccccc2)NC(=O)[C@H](C(C)C)N2CCNC2=O)c(C)c1. The number of urea groups is 1. The van der Waals surface area contributed by atoms with Crippen molar-refractivity contribution in [1.82, 2.24) is 20.9 Å². The number of rotatable bonds is 15. The first-order chi connectivity index (χ1) is 22.0. The van der Waals surface area contributed by atoms with Crippen LogP contribution in [0.15, 0.2) is 72.8 Å². The van der Waals surface area contributed by atoms with E-state index in [9.17, 15) is 19.5 Å². The van der Waals surface area contributed by atoms with Gasteiger partial charge in [-0.1, -0.05) is 92.2 Å². The summed E-state index contributed by atoms with van der Waals surface area (Å²) in [6.45, 7) is 10.5. The molecule has 1 aliphatic rings. The Labute approximate surface area is 272 Å². The van der Waals surface area contributed by atoms with Crippen LogP contribution in [-0.2, 0) is 22.4 Å². The minimum Gasteiger partial charge on any atom is -0.483 e. The molecular formula is C37H48N4O5. The van der Waals surface area contributed by atoms with E-state index in [0.717, 1.165) is 27.8 Å². The van der Waals surface area contributed by atoms with Crippen molar-refractivity contribution in [3.05, 3.63) is 101 Å². The van der Waals surface area contributed by atoms with E-state index in [1.54, 1.807) is 4.90 Å². The van der Waals surface area contributed by atoms with Crippen molar-refractivity contribution < 1.29 is 24.2 Å². The number of amides is 4. The van der Waals surface area contributed by atoms with E-state index in [2.05, 4.69) is 16.0 Å². The predicted octanol–water partition coefficient (Wildman–Crippen LogP) is 4.25. The molecule has 4 amide bonds. The van der Waals surface area contributed by atoms with E-state index < -0.39 is 24.2 Å². The lowest BCUT2D eigenvalue weighted by Crippen LogP contribution is -2.55. The number of nitrogens with zero attached hydrogens (tertiary/aromatic N) is 1. The number of hydrogen-bond acceptors (Lipinski definition) is 5. The van der Waals surface area contributed by atoms with Crippen molar-refractivity contribution in [1.29, 1.82) is 0 Å². The van der Waals surface area contributed by atoms with E-state index >= 15 is 0 Å². The lowest BCUT2D eigenvalue weighted by Gasteiger charge is -2.32. The molecule has 246 valence electrons. The molecule has 4 N–H and O–H groups in total. The van der Waals surface area contributed by atoms with Gasteiger partial charge in [-0.15, -0.1) is 0 Å². The highest BCUT2D eigenvalue weighted by molar-refractivity contribution is 5.88. The van der Waals surface area contributed by atoms with Gasteiger partial charge in [0.25, 0.3) is 5.91 Å². The summed E-state index contributed by atoms with van der Waals surface area (Å²) in [5, 5.41) is 20.7. The van der Waals surface area contributed by atoms with Gasteiger partial charge in [0.1, 0.15) is 11.8 Å². The molecule has 0 spiro atoms. The summed E-state index contributed by atoms with van der Waals surface area (Å²) in [5.74, 6) is -0.0426. The molecule has 3 aromatic carbocycles. The van der Waals surface area contributed by atoms with Gasteiger partial charge in [-0.3, -0.25) is 9.59 Å². The zero-order valence-corrected chi connectivity index (χ0v) is 27.6. The fraction of sp³-hybridized carbons (Fsp3) is 0.432. The Bertz CT molecular complexity index is 1440. The second kappa shape index (κ2) is 16.3. The summed E-state index contributed by atoms with van der Waals surface area (Å²) in [7, 11) is 0. The highest BCUT2D eigenvalue weighted by Gasteiger charge is 2.36. The highest BCUT2D eigenvalue weighted by Crippen LogP contribution is 2.24. The largest absolute Gasteiger partial charge is 0.483 e. The van der Waals surface area contributed by atoms with Crippen molar-refractivity contribution in [2.24, 2.45) is 5.92 Å². The molecule has 46 heavy (non-hydrogen) atoms. The fourth-order valence-electron chi connectivity index (χ4n) is 6.32. The number of ether oxygens (including phenoxy) is 1. The van der Waals surface area contributed by atoms with Crippen LogP contribution in [0.1, 0.15) is 48.1 Å². The average molecular weight is 629 g/mol. The second-order valence-electron chi connectivity index (χ2n) is 12.7. The molecule has 0 aliphatic carbocycles. The molecule has 1 saturated heterocycles. The van der Waals surface area contributed by atoms with Gasteiger partial charge in [0, 0.05) is 19.1 Å². The molecule has 0 unspecified atom stereocenters. The second-order valence-corrected chi connectivity index (χ2v) is 12.7. The van der Waals surface area contributed by atoms with Crippen LogP contribution in [0.5, 0.6) is 5.75 Å². The van der Waals surface area contributed by atoms with Crippen LogP contribution in [0.4, 0.5) is 4.79 Å². The summed E-state index contributed by atoms with van der Waals surface area (Å²) < 4.78 is 5.95. The Kier molecular flexibility index (Phi) is 12.2. The quantitative estimate of drug-likeness (QED) is 0.201. The van der Waals surface area contributed by atoms with E-state index in [0.29, 0.717) is 31.7 Å². The van der Waals surface area contributed by atoms with Crippen molar-refractivity contribution in [3.8, 4) is 5.75 Å². The van der Waals surface area contributed by atoms with Gasteiger partial charge in [-0.2, -0.15) is 0 Å². The monoisotopic (exact) mass is 628 g/mol. The molecule has 4 atom stereocenters. The minimum atomic E-state index is -0.992. The molecule has 9 nitrogen and oxygen atoms in total. The van der Waals surface area contributed by atoms with Gasteiger partial charge in [0.05, 0.1) is 12.1 Å². The van der Waals surface area contributed by atoms with Crippen LogP contribution in [0.25, 0.3) is 0 Å². The minimum absolute atomic E-state index is 0.114. The Hall–Kier alpha value is -4.37. The molecule has 3 aromatic rings. The number of aliphatic hydroxyl groups is 1. The summed E-state index contributed by atoms with van der Waals surface area (Å²) in [6, 6.07) is 21.5. The maximum atomic E-state index is 13.7. The molecule has 0 bridgehead atoms. The predicted molar refractivity (Wildman–Crippen MR) is 180 cm³/mol. The summed E-state index contributed by atoms with van der Waals surface area (Å²) in [4.78, 5) is 41.0. The molecular weight excluding hydrogens is 580 g/mol. The van der Waals surface area contributed by atoms with Crippen molar-refractivity contribution in [3.63, 3.8) is 0 Å². The van der Waals surface area contributed by atoms with Gasteiger partial charge < -0.3 is 30.7 Å². The lowest BCUT2D eigenvalue weighted by atomic mass is 9.93. The normalized spacial score (nSPS) is 15.5. The smallest absolute Gasteiger partial charge is 0.318 e. The first-order valence-corrected chi connectivity index (χ1v) is 16.1. The number of hydrogen-bond donors (Lipinski definition) is 4. The number of nitrogens with one attached hydrogen (secondary N) is 3. The maximum absolute atomic E-state index is 13.7. The third kappa shape index (κ3) is 9.57. The van der Waals surface area contributed by atoms with Crippen LogP contribution < -0.4 is 20.7 Å². The van der Waals surface area contributed by atoms with Crippen molar-refractivity contribution >= 4 is 17.8 Å².